The van der Waals surface area contributed by atoms with E-state index in [9.17, 15) is 9.59 Å². The van der Waals surface area contributed by atoms with E-state index in [1.54, 1.807) is 30.6 Å². The highest BCUT2D eigenvalue weighted by molar-refractivity contribution is 6.24. The molecule has 1 aromatic rings. The number of rotatable bonds is 5. The normalized spacial score (nSPS) is 17.6. The lowest BCUT2D eigenvalue weighted by molar-refractivity contribution is -0.122. The fourth-order valence-corrected chi connectivity index (χ4v) is 1.96. The number of hydrogen-bond donors (Lipinski definition) is 1. The molecule has 1 aromatic heterocycles. The minimum Gasteiger partial charge on any atom is -0.345 e. The molecule has 0 saturated heterocycles. The van der Waals surface area contributed by atoms with Crippen LogP contribution in [0.25, 0.3) is 0 Å². The average molecular weight is 265 g/mol. The summed E-state index contributed by atoms with van der Waals surface area (Å²) in [6.45, 7) is 0.0471. The van der Waals surface area contributed by atoms with Gasteiger partial charge >= 0.3 is 0 Å². The Bertz CT molecular complexity index is 485. The quantitative estimate of drug-likeness (QED) is 0.815. The van der Waals surface area contributed by atoms with Crippen LogP contribution in [0.3, 0.4) is 0 Å². The zero-order chi connectivity index (χ0) is 13.0. The van der Waals surface area contributed by atoms with Gasteiger partial charge in [-0.3, -0.25) is 14.6 Å². The number of ketones is 1. The topological polar surface area (TPSA) is 59.1 Å². The first kappa shape index (κ1) is 12.8. The molecule has 0 spiro atoms. The number of carbonyl (C=O) groups excluding carboxylic acids is 2. The van der Waals surface area contributed by atoms with Crippen molar-refractivity contribution in [1.82, 2.24) is 10.3 Å². The number of carbonyl (C=O) groups is 2. The third kappa shape index (κ3) is 3.40. The van der Waals surface area contributed by atoms with Crippen molar-refractivity contribution in [2.45, 2.75) is 18.2 Å². The van der Waals surface area contributed by atoms with Gasteiger partial charge in [0, 0.05) is 24.4 Å². The van der Waals surface area contributed by atoms with Gasteiger partial charge in [0.05, 0.1) is 11.9 Å². The number of nitrogens with one attached hydrogen (secondary N) is 1. The molecule has 0 fully saturated rings. The second-order valence-corrected chi connectivity index (χ2v) is 4.73. The van der Waals surface area contributed by atoms with Crippen LogP contribution in [0.2, 0.25) is 0 Å². The van der Waals surface area contributed by atoms with Gasteiger partial charge in [-0.2, -0.15) is 0 Å². The molecule has 1 N–H and O–H groups in total. The lowest BCUT2D eigenvalue weighted by Gasteiger charge is -2.18. The van der Waals surface area contributed by atoms with E-state index in [1.165, 1.54) is 0 Å². The summed E-state index contributed by atoms with van der Waals surface area (Å²) < 4.78 is 0. The Labute approximate surface area is 110 Å². The SMILES string of the molecule is O=C(CNC(=O)C1=CC(Cl)C1)Cc1ccncc1. The second kappa shape index (κ2) is 5.78. The Morgan fingerprint density at radius 3 is 2.67 bits per heavy atom. The fraction of sp³-hybridized carbons (Fsp3) is 0.308. The lowest BCUT2D eigenvalue weighted by atomic mass is 9.97. The van der Waals surface area contributed by atoms with Gasteiger partial charge in [0.2, 0.25) is 5.91 Å². The van der Waals surface area contributed by atoms with Gasteiger partial charge < -0.3 is 5.32 Å². The molecule has 5 heteroatoms. The van der Waals surface area contributed by atoms with Gasteiger partial charge in [-0.1, -0.05) is 6.08 Å². The van der Waals surface area contributed by atoms with Crippen LogP contribution < -0.4 is 5.32 Å². The number of amides is 1. The van der Waals surface area contributed by atoms with Crippen molar-refractivity contribution < 1.29 is 9.59 Å². The van der Waals surface area contributed by atoms with E-state index in [-0.39, 0.29) is 23.6 Å². The summed E-state index contributed by atoms with van der Waals surface area (Å²) >= 11 is 5.73. The van der Waals surface area contributed by atoms with Gasteiger partial charge in [0.25, 0.3) is 0 Å². The third-order valence-electron chi connectivity index (χ3n) is 2.69. The summed E-state index contributed by atoms with van der Waals surface area (Å²) in [6.07, 6.45) is 5.86. The molecule has 1 aliphatic rings. The number of allylic oxidation sites excluding steroid dienone is 1. The molecule has 0 saturated carbocycles. The van der Waals surface area contributed by atoms with Gasteiger partial charge in [-0.15, -0.1) is 11.6 Å². The summed E-state index contributed by atoms with van der Waals surface area (Å²) in [4.78, 5) is 27.0. The van der Waals surface area contributed by atoms with Crippen LogP contribution in [0.4, 0.5) is 0 Å². The van der Waals surface area contributed by atoms with E-state index in [1.807, 2.05) is 0 Å². The van der Waals surface area contributed by atoms with E-state index in [0.29, 0.717) is 18.4 Å². The molecule has 1 amide bonds. The molecule has 0 radical (unpaired) electrons. The van der Waals surface area contributed by atoms with Crippen molar-refractivity contribution in [2.75, 3.05) is 6.54 Å². The Morgan fingerprint density at radius 1 is 1.39 bits per heavy atom. The number of hydrogen-bond acceptors (Lipinski definition) is 3. The summed E-state index contributed by atoms with van der Waals surface area (Å²) in [7, 11) is 0. The Balaban J connectivity index is 1.75. The zero-order valence-electron chi connectivity index (χ0n) is 9.73. The minimum absolute atomic E-state index is 0.0307. The largest absolute Gasteiger partial charge is 0.345 e. The molecule has 18 heavy (non-hydrogen) atoms. The van der Waals surface area contributed by atoms with Crippen LogP contribution >= 0.6 is 11.6 Å². The number of nitrogens with zero attached hydrogens (tertiary/aromatic N) is 1. The van der Waals surface area contributed by atoms with E-state index in [0.717, 1.165) is 5.56 Å². The van der Waals surface area contributed by atoms with Crippen LogP contribution in [0, 0.1) is 0 Å². The Morgan fingerprint density at radius 2 is 2.06 bits per heavy atom. The first-order valence-electron chi connectivity index (χ1n) is 5.68. The van der Waals surface area contributed by atoms with Crippen molar-refractivity contribution >= 4 is 23.3 Å². The highest BCUT2D eigenvalue weighted by Gasteiger charge is 2.22. The molecular weight excluding hydrogens is 252 g/mol. The van der Waals surface area contributed by atoms with E-state index in [2.05, 4.69) is 10.3 Å². The molecule has 1 heterocycles. The number of Topliss-reactive ketones (excluding diaryl/α,β-unsaturated/α-hetero) is 1. The maximum absolute atomic E-state index is 11.6. The van der Waals surface area contributed by atoms with Crippen LogP contribution in [-0.2, 0) is 16.0 Å². The van der Waals surface area contributed by atoms with Gasteiger partial charge in [-0.05, 0) is 24.1 Å². The lowest BCUT2D eigenvalue weighted by Crippen LogP contribution is -2.34. The molecule has 2 rings (SSSR count). The van der Waals surface area contributed by atoms with Crippen molar-refractivity contribution in [1.29, 1.82) is 0 Å². The van der Waals surface area contributed by atoms with E-state index < -0.39 is 0 Å². The fourth-order valence-electron chi connectivity index (χ4n) is 1.65. The highest BCUT2D eigenvalue weighted by atomic mass is 35.5. The first-order valence-corrected chi connectivity index (χ1v) is 6.12. The second-order valence-electron chi connectivity index (χ2n) is 4.17. The molecule has 1 aliphatic carbocycles. The minimum atomic E-state index is -0.199. The molecule has 1 unspecified atom stereocenters. The van der Waals surface area contributed by atoms with Crippen molar-refractivity contribution in [2.24, 2.45) is 0 Å². The van der Waals surface area contributed by atoms with Crippen molar-refractivity contribution in [3.63, 3.8) is 0 Å². The van der Waals surface area contributed by atoms with Crippen molar-refractivity contribution in [3.05, 3.63) is 41.7 Å². The van der Waals surface area contributed by atoms with Crippen LogP contribution in [0.1, 0.15) is 12.0 Å². The monoisotopic (exact) mass is 264 g/mol. The summed E-state index contributed by atoms with van der Waals surface area (Å²) in [5.41, 5.74) is 1.56. The summed E-state index contributed by atoms with van der Waals surface area (Å²) in [5, 5.41) is 2.55. The van der Waals surface area contributed by atoms with Gasteiger partial charge in [0.15, 0.2) is 5.78 Å². The number of alkyl halides is 1. The Hall–Kier alpha value is -1.68. The zero-order valence-corrected chi connectivity index (χ0v) is 10.5. The molecule has 0 aliphatic heterocycles. The highest BCUT2D eigenvalue weighted by Crippen LogP contribution is 2.23. The maximum Gasteiger partial charge on any atom is 0.247 e. The maximum atomic E-state index is 11.6. The predicted molar refractivity (Wildman–Crippen MR) is 68.3 cm³/mol. The average Bonchev–Trinajstić information content (AvgIpc) is 2.33. The smallest absolute Gasteiger partial charge is 0.247 e. The predicted octanol–water partition coefficient (Wildman–Crippen LogP) is 1.25. The molecule has 0 bridgehead atoms. The standard InChI is InChI=1S/C13H13ClN2O2/c14-11-6-10(7-11)13(18)16-8-12(17)5-9-1-3-15-4-2-9/h1-4,6,11H,5,7-8H2,(H,16,18). The van der Waals surface area contributed by atoms with E-state index >= 15 is 0 Å². The van der Waals surface area contributed by atoms with Gasteiger partial charge in [0.1, 0.15) is 0 Å². The molecule has 94 valence electrons. The first-order chi connectivity index (χ1) is 8.65. The summed E-state index contributed by atoms with van der Waals surface area (Å²) in [5.74, 6) is -0.230. The van der Waals surface area contributed by atoms with Gasteiger partial charge in [-0.25, -0.2) is 0 Å². The third-order valence-corrected chi connectivity index (χ3v) is 2.97. The number of halogens is 1. The number of pyridine rings is 1. The van der Waals surface area contributed by atoms with Crippen LogP contribution in [0.5, 0.6) is 0 Å². The molecule has 1 atom stereocenters. The van der Waals surface area contributed by atoms with Crippen LogP contribution in [-0.4, -0.2) is 28.6 Å². The molecular formula is C13H13ClN2O2. The van der Waals surface area contributed by atoms with E-state index in [4.69, 9.17) is 11.6 Å². The molecule has 0 aromatic carbocycles. The van der Waals surface area contributed by atoms with Crippen molar-refractivity contribution in [3.8, 4) is 0 Å². The molecule has 4 nitrogen and oxygen atoms in total. The summed E-state index contributed by atoms with van der Waals surface area (Å²) in [6, 6.07) is 3.57. The number of aromatic nitrogens is 1. The Kier molecular flexibility index (Phi) is 4.10. The van der Waals surface area contributed by atoms with Crippen LogP contribution in [0.15, 0.2) is 36.2 Å².